The van der Waals surface area contributed by atoms with Crippen molar-refractivity contribution in [3.05, 3.63) is 64.7 Å². The van der Waals surface area contributed by atoms with Crippen molar-refractivity contribution in [2.24, 2.45) is 0 Å². The smallest absolute Gasteiger partial charge is 0.128 e. The molecule has 1 unspecified atom stereocenters. The summed E-state index contributed by atoms with van der Waals surface area (Å²) in [5.41, 5.74) is 9.56. The maximum absolute atomic E-state index is 13.9. The van der Waals surface area contributed by atoms with Crippen molar-refractivity contribution in [3.63, 3.8) is 0 Å². The van der Waals surface area contributed by atoms with E-state index in [-0.39, 0.29) is 11.9 Å². The van der Waals surface area contributed by atoms with E-state index in [2.05, 4.69) is 4.90 Å². The Morgan fingerprint density at radius 1 is 1.19 bits per heavy atom. The van der Waals surface area contributed by atoms with Crippen molar-refractivity contribution >= 4 is 5.69 Å². The number of benzene rings is 2. The van der Waals surface area contributed by atoms with Gasteiger partial charge in [0.2, 0.25) is 0 Å². The molecule has 1 atom stereocenters. The molecule has 1 aliphatic heterocycles. The number of anilines is 1. The lowest BCUT2D eigenvalue weighted by atomic mass is 9.95. The minimum Gasteiger partial charge on any atom is -0.398 e. The van der Waals surface area contributed by atoms with Crippen molar-refractivity contribution < 1.29 is 8.78 Å². The highest BCUT2D eigenvalue weighted by molar-refractivity contribution is 5.52. The molecule has 0 radical (unpaired) electrons. The van der Waals surface area contributed by atoms with Crippen LogP contribution < -0.4 is 5.73 Å². The molecule has 0 spiro atoms. The van der Waals surface area contributed by atoms with Gasteiger partial charge in [-0.05, 0) is 48.7 Å². The van der Waals surface area contributed by atoms with Gasteiger partial charge in [0, 0.05) is 30.4 Å². The largest absolute Gasteiger partial charge is 0.398 e. The monoisotopic (exact) mass is 288 g/mol. The quantitative estimate of drug-likeness (QED) is 0.854. The van der Waals surface area contributed by atoms with Gasteiger partial charge in [0.05, 0.1) is 0 Å². The van der Waals surface area contributed by atoms with Crippen LogP contribution in [0.1, 0.15) is 29.7 Å². The number of nitrogen functional groups attached to an aromatic ring is 1. The summed E-state index contributed by atoms with van der Waals surface area (Å²) >= 11 is 0. The molecule has 2 nitrogen and oxygen atoms in total. The van der Waals surface area contributed by atoms with Crippen LogP contribution in [0.5, 0.6) is 0 Å². The van der Waals surface area contributed by atoms with Crippen molar-refractivity contribution in [2.75, 3.05) is 12.3 Å². The highest BCUT2D eigenvalue weighted by Gasteiger charge is 2.24. The van der Waals surface area contributed by atoms with E-state index in [0.29, 0.717) is 12.1 Å². The minimum atomic E-state index is -0.403. The van der Waals surface area contributed by atoms with E-state index in [0.717, 1.165) is 24.7 Å². The molecule has 110 valence electrons. The van der Waals surface area contributed by atoms with Crippen molar-refractivity contribution in [3.8, 4) is 0 Å². The highest BCUT2D eigenvalue weighted by atomic mass is 19.1. The van der Waals surface area contributed by atoms with Crippen LogP contribution in [0.4, 0.5) is 14.5 Å². The van der Waals surface area contributed by atoms with E-state index in [1.165, 1.54) is 23.3 Å². The molecule has 2 N–H and O–H groups in total. The molecular formula is C17H18F2N2. The van der Waals surface area contributed by atoms with Gasteiger partial charge >= 0.3 is 0 Å². The van der Waals surface area contributed by atoms with Gasteiger partial charge in [-0.15, -0.1) is 0 Å². The first-order valence-electron chi connectivity index (χ1n) is 7.11. The highest BCUT2D eigenvalue weighted by Crippen LogP contribution is 2.31. The number of halogens is 2. The van der Waals surface area contributed by atoms with Crippen LogP contribution in [0.25, 0.3) is 0 Å². The first-order chi connectivity index (χ1) is 10.1. The summed E-state index contributed by atoms with van der Waals surface area (Å²) in [6.45, 7) is 3.41. The van der Waals surface area contributed by atoms with E-state index in [1.54, 1.807) is 0 Å². The molecule has 2 aromatic carbocycles. The van der Waals surface area contributed by atoms with Gasteiger partial charge in [-0.25, -0.2) is 8.78 Å². The lowest BCUT2D eigenvalue weighted by molar-refractivity contribution is 0.188. The maximum atomic E-state index is 13.9. The third-order valence-electron chi connectivity index (χ3n) is 4.29. The number of fused-ring (bicyclic) bond motifs is 1. The summed E-state index contributed by atoms with van der Waals surface area (Å²) in [7, 11) is 0. The lowest BCUT2D eigenvalue weighted by Crippen LogP contribution is -2.33. The minimum absolute atomic E-state index is 0.171. The number of nitrogens with two attached hydrogens (primary N) is 1. The molecule has 3 rings (SSSR count). The Morgan fingerprint density at radius 2 is 2.00 bits per heavy atom. The zero-order valence-corrected chi connectivity index (χ0v) is 11.9. The number of hydrogen-bond donors (Lipinski definition) is 1. The molecule has 0 saturated heterocycles. The van der Waals surface area contributed by atoms with Crippen LogP contribution in [-0.2, 0) is 13.0 Å². The van der Waals surface area contributed by atoms with Crippen LogP contribution in [0.15, 0.2) is 36.4 Å². The van der Waals surface area contributed by atoms with Crippen molar-refractivity contribution in [1.29, 1.82) is 0 Å². The van der Waals surface area contributed by atoms with Gasteiger partial charge in [0.25, 0.3) is 0 Å². The van der Waals surface area contributed by atoms with E-state index < -0.39 is 5.82 Å². The average molecular weight is 288 g/mol. The predicted octanol–water partition coefficient (Wildman–Crippen LogP) is 3.67. The Morgan fingerprint density at radius 3 is 2.81 bits per heavy atom. The zero-order chi connectivity index (χ0) is 15.0. The molecule has 0 aliphatic carbocycles. The normalized spacial score (nSPS) is 16.5. The van der Waals surface area contributed by atoms with Gasteiger partial charge in [-0.2, -0.15) is 0 Å². The topological polar surface area (TPSA) is 29.3 Å². The summed E-state index contributed by atoms with van der Waals surface area (Å²) in [5.74, 6) is -0.762. The average Bonchev–Trinajstić information content (AvgIpc) is 2.49. The second-order valence-electron chi connectivity index (χ2n) is 5.55. The molecule has 2 aromatic rings. The predicted molar refractivity (Wildman–Crippen MR) is 79.7 cm³/mol. The van der Waals surface area contributed by atoms with Crippen LogP contribution in [0.3, 0.4) is 0 Å². The summed E-state index contributed by atoms with van der Waals surface area (Å²) < 4.78 is 27.3. The van der Waals surface area contributed by atoms with Gasteiger partial charge in [-0.3, -0.25) is 4.90 Å². The van der Waals surface area contributed by atoms with Crippen LogP contribution in [-0.4, -0.2) is 11.4 Å². The fraction of sp³-hybridized carbons (Fsp3) is 0.294. The van der Waals surface area contributed by atoms with Gasteiger partial charge in [0.15, 0.2) is 0 Å². The first-order valence-corrected chi connectivity index (χ1v) is 7.11. The van der Waals surface area contributed by atoms with Crippen molar-refractivity contribution in [1.82, 2.24) is 4.90 Å². The number of nitrogens with zero attached hydrogens (tertiary/aromatic N) is 1. The molecule has 0 aromatic heterocycles. The van der Waals surface area contributed by atoms with Crippen LogP contribution >= 0.6 is 0 Å². The molecule has 0 amide bonds. The zero-order valence-electron chi connectivity index (χ0n) is 11.9. The molecular weight excluding hydrogens is 270 g/mol. The molecule has 1 aliphatic rings. The Labute approximate surface area is 123 Å². The van der Waals surface area contributed by atoms with Crippen LogP contribution in [0.2, 0.25) is 0 Å². The Bertz CT molecular complexity index is 670. The molecule has 1 heterocycles. The fourth-order valence-corrected chi connectivity index (χ4v) is 3.02. The summed E-state index contributed by atoms with van der Waals surface area (Å²) in [6, 6.07) is 9.35. The van der Waals surface area contributed by atoms with Crippen molar-refractivity contribution in [2.45, 2.75) is 25.9 Å². The molecule has 0 saturated carbocycles. The van der Waals surface area contributed by atoms with Gasteiger partial charge in [0.1, 0.15) is 11.6 Å². The SMILES string of the molecule is CC(c1cc(F)ccc1F)N1CCc2c(N)cccc2C1. The number of hydrogen-bond acceptors (Lipinski definition) is 2. The number of rotatable bonds is 2. The second kappa shape index (κ2) is 5.45. The van der Waals surface area contributed by atoms with E-state index in [9.17, 15) is 8.78 Å². The van der Waals surface area contributed by atoms with E-state index >= 15 is 0 Å². The third-order valence-corrected chi connectivity index (χ3v) is 4.29. The maximum Gasteiger partial charge on any atom is 0.128 e. The summed E-state index contributed by atoms with van der Waals surface area (Å²) in [5, 5.41) is 0. The Kier molecular flexibility index (Phi) is 3.64. The van der Waals surface area contributed by atoms with E-state index in [1.807, 2.05) is 25.1 Å². The molecule has 0 bridgehead atoms. The fourth-order valence-electron chi connectivity index (χ4n) is 3.02. The van der Waals surface area contributed by atoms with Gasteiger partial charge in [-0.1, -0.05) is 12.1 Å². The second-order valence-corrected chi connectivity index (χ2v) is 5.55. The summed E-state index contributed by atoms with van der Waals surface area (Å²) in [4.78, 5) is 2.15. The van der Waals surface area contributed by atoms with E-state index in [4.69, 9.17) is 5.73 Å². The Hall–Kier alpha value is -1.94. The standard InChI is InChI=1S/C17H18F2N2/c1-11(15-9-13(18)5-6-16(15)19)21-8-7-14-12(10-21)3-2-4-17(14)20/h2-6,9,11H,7-8,10,20H2,1H3. The third kappa shape index (κ3) is 2.63. The lowest BCUT2D eigenvalue weighted by Gasteiger charge is -2.34. The summed E-state index contributed by atoms with van der Waals surface area (Å²) in [6.07, 6.45) is 0.837. The molecule has 4 heteroatoms. The Balaban J connectivity index is 1.87. The molecule has 0 fully saturated rings. The van der Waals surface area contributed by atoms with Crippen LogP contribution in [0, 0.1) is 11.6 Å². The molecule has 21 heavy (non-hydrogen) atoms. The van der Waals surface area contributed by atoms with Gasteiger partial charge < -0.3 is 5.73 Å². The first kappa shape index (κ1) is 14.0.